The summed E-state index contributed by atoms with van der Waals surface area (Å²) >= 11 is 0. The molecule has 0 bridgehead atoms. The smallest absolute Gasteiger partial charge is 0.222 e. The van der Waals surface area contributed by atoms with Gasteiger partial charge >= 0.3 is 0 Å². The van der Waals surface area contributed by atoms with Crippen LogP contribution in [0.1, 0.15) is 11.3 Å². The minimum atomic E-state index is 0.346. The van der Waals surface area contributed by atoms with Crippen LogP contribution >= 0.6 is 0 Å². The predicted molar refractivity (Wildman–Crippen MR) is 44.7 cm³/mol. The quantitative estimate of drug-likeness (QED) is 0.639. The van der Waals surface area contributed by atoms with Crippen molar-refractivity contribution in [1.82, 2.24) is 5.16 Å². The van der Waals surface area contributed by atoms with Crippen molar-refractivity contribution in [3.05, 3.63) is 53.0 Å². The lowest BCUT2D eigenvalue weighted by molar-refractivity contribution is -0.802. The lowest BCUT2D eigenvalue weighted by atomic mass is 10.1. The summed E-state index contributed by atoms with van der Waals surface area (Å²) in [6, 6.07) is 9.79. The zero-order chi connectivity index (χ0) is 9.10. The van der Waals surface area contributed by atoms with Gasteiger partial charge in [0, 0.05) is 11.6 Å². The normalized spacial score (nSPS) is 10.2. The molecule has 2 aromatic rings. The maximum absolute atomic E-state index is 10.6. The van der Waals surface area contributed by atoms with E-state index in [0.717, 1.165) is 5.56 Å². The number of hydrogen-bond donors (Lipinski definition) is 0. The van der Waals surface area contributed by atoms with Crippen molar-refractivity contribution in [2.75, 3.05) is 0 Å². The van der Waals surface area contributed by atoms with Gasteiger partial charge in [0.2, 0.25) is 5.69 Å². The van der Waals surface area contributed by atoms with E-state index in [0.29, 0.717) is 17.0 Å². The molecule has 0 atom stereocenters. The van der Waals surface area contributed by atoms with Gasteiger partial charge in [-0.25, -0.2) is 0 Å². The highest BCUT2D eigenvalue weighted by molar-refractivity contribution is 5.19. The van der Waals surface area contributed by atoms with Gasteiger partial charge in [-0.05, 0) is 10.5 Å². The highest BCUT2D eigenvalue weighted by atomic mass is 16.8. The molecule has 0 aliphatic heterocycles. The van der Waals surface area contributed by atoms with Crippen LogP contribution < -0.4 is 4.90 Å². The molecule has 4 heteroatoms. The van der Waals surface area contributed by atoms with E-state index < -0.39 is 0 Å². The molecule has 1 aromatic heterocycles. The largest absolute Gasteiger partial charge is 0.360 e. The third-order valence-corrected chi connectivity index (χ3v) is 1.72. The molecule has 2 rings (SSSR count). The van der Waals surface area contributed by atoms with Gasteiger partial charge in [-0.15, -0.1) is 0 Å². The fourth-order valence-electron chi connectivity index (χ4n) is 1.14. The summed E-state index contributed by atoms with van der Waals surface area (Å²) in [5.74, 6) is 0. The minimum Gasteiger partial charge on any atom is -0.360 e. The van der Waals surface area contributed by atoms with E-state index in [1.807, 2.05) is 30.3 Å². The highest BCUT2D eigenvalue weighted by Crippen LogP contribution is 2.04. The number of hydrogen-bond acceptors (Lipinski definition) is 3. The average Bonchev–Trinajstić information content (AvgIpc) is 2.53. The number of aromatic nitrogens is 2. The summed E-state index contributed by atoms with van der Waals surface area (Å²) in [5.41, 5.74) is 1.75. The molecule has 0 N–H and O–H groups in total. The zero-order valence-electron chi connectivity index (χ0n) is 6.88. The molecule has 13 heavy (non-hydrogen) atoms. The van der Waals surface area contributed by atoms with Gasteiger partial charge in [-0.2, -0.15) is 0 Å². The molecule has 0 aliphatic rings. The molecular weight excluding hydrogens is 168 g/mol. The second-order valence-electron chi connectivity index (χ2n) is 2.74. The molecule has 0 spiro atoms. The van der Waals surface area contributed by atoms with Crippen LogP contribution in [-0.2, 0) is 6.42 Å². The SMILES string of the molecule is [O-][n+]1cc(Cc2ccccc2)no1. The van der Waals surface area contributed by atoms with Crippen LogP contribution in [0.5, 0.6) is 0 Å². The number of benzene rings is 1. The van der Waals surface area contributed by atoms with Crippen LogP contribution in [0.15, 0.2) is 41.2 Å². The van der Waals surface area contributed by atoms with E-state index in [2.05, 4.69) is 9.79 Å². The summed E-state index contributed by atoms with van der Waals surface area (Å²) in [6.07, 6.45) is 1.95. The molecule has 0 radical (unpaired) electrons. The summed E-state index contributed by atoms with van der Waals surface area (Å²) in [4.78, 5) is 0.346. The Hall–Kier alpha value is -1.84. The molecule has 0 amide bonds. The third kappa shape index (κ3) is 1.84. The summed E-state index contributed by atoms with van der Waals surface area (Å²) in [7, 11) is 0. The van der Waals surface area contributed by atoms with Gasteiger partial charge in [-0.3, -0.25) is 4.63 Å². The first-order valence-corrected chi connectivity index (χ1v) is 3.94. The van der Waals surface area contributed by atoms with Crippen LogP contribution in [0, 0.1) is 5.21 Å². The Morgan fingerprint density at radius 1 is 1.31 bits per heavy atom. The van der Waals surface area contributed by atoms with E-state index in [-0.39, 0.29) is 0 Å². The van der Waals surface area contributed by atoms with Gasteiger partial charge in [0.15, 0.2) is 6.20 Å². The topological polar surface area (TPSA) is 53.0 Å². The second kappa shape index (κ2) is 3.26. The standard InChI is InChI=1S/C9H8N2O2/c12-11-7-9(10-13-11)6-8-4-2-1-3-5-8/h1-5,7H,6H2. The van der Waals surface area contributed by atoms with Crippen molar-refractivity contribution in [3.63, 3.8) is 0 Å². The molecule has 1 aromatic carbocycles. The number of nitrogens with zero attached hydrogens (tertiary/aromatic N) is 2. The fourth-order valence-corrected chi connectivity index (χ4v) is 1.14. The van der Waals surface area contributed by atoms with Crippen molar-refractivity contribution in [2.24, 2.45) is 0 Å². The Morgan fingerprint density at radius 2 is 2.08 bits per heavy atom. The molecule has 1 heterocycles. The van der Waals surface area contributed by atoms with Crippen molar-refractivity contribution in [3.8, 4) is 0 Å². The van der Waals surface area contributed by atoms with Crippen molar-refractivity contribution in [1.29, 1.82) is 0 Å². The predicted octanol–water partition coefficient (Wildman–Crippen LogP) is 0.899. The first kappa shape index (κ1) is 7.79. The van der Waals surface area contributed by atoms with E-state index in [9.17, 15) is 5.21 Å². The van der Waals surface area contributed by atoms with Crippen molar-refractivity contribution < 1.29 is 9.53 Å². The van der Waals surface area contributed by atoms with Gasteiger partial charge in [0.1, 0.15) is 0 Å². The molecule has 66 valence electrons. The van der Waals surface area contributed by atoms with E-state index >= 15 is 0 Å². The first-order valence-electron chi connectivity index (χ1n) is 3.94. The highest BCUT2D eigenvalue weighted by Gasteiger charge is 2.05. The van der Waals surface area contributed by atoms with Crippen LogP contribution in [-0.4, -0.2) is 5.16 Å². The summed E-state index contributed by atoms with van der Waals surface area (Å²) in [5, 5.41) is 14.2. The van der Waals surface area contributed by atoms with E-state index in [4.69, 9.17) is 0 Å². The Bertz CT molecular complexity index is 384. The molecule has 0 saturated carbocycles. The van der Waals surface area contributed by atoms with Gasteiger partial charge in [-0.1, -0.05) is 30.3 Å². The van der Waals surface area contributed by atoms with Crippen LogP contribution in [0.3, 0.4) is 0 Å². The summed E-state index contributed by atoms with van der Waals surface area (Å²) < 4.78 is 4.35. The van der Waals surface area contributed by atoms with E-state index in [1.165, 1.54) is 6.20 Å². The second-order valence-corrected chi connectivity index (χ2v) is 2.74. The van der Waals surface area contributed by atoms with Gasteiger partial charge < -0.3 is 5.21 Å². The minimum absolute atomic E-state index is 0.346. The molecule has 4 nitrogen and oxygen atoms in total. The van der Waals surface area contributed by atoms with Crippen molar-refractivity contribution in [2.45, 2.75) is 6.42 Å². The molecule has 0 unspecified atom stereocenters. The Balaban J connectivity index is 2.15. The van der Waals surface area contributed by atoms with E-state index in [1.54, 1.807) is 0 Å². The number of rotatable bonds is 2. The zero-order valence-corrected chi connectivity index (χ0v) is 6.88. The maximum Gasteiger partial charge on any atom is 0.222 e. The monoisotopic (exact) mass is 176 g/mol. The lowest BCUT2D eigenvalue weighted by Crippen LogP contribution is -2.20. The molecule has 0 saturated heterocycles. The fraction of sp³-hybridized carbons (Fsp3) is 0.111. The van der Waals surface area contributed by atoms with Crippen LogP contribution in [0.4, 0.5) is 0 Å². The lowest BCUT2D eigenvalue weighted by Gasteiger charge is -1.91. The Labute approximate surface area is 74.9 Å². The average molecular weight is 176 g/mol. The molecular formula is C9H8N2O2. The van der Waals surface area contributed by atoms with Crippen LogP contribution in [0.25, 0.3) is 0 Å². The Kier molecular flexibility index (Phi) is 1.96. The Morgan fingerprint density at radius 3 is 2.69 bits per heavy atom. The molecule has 0 fully saturated rings. The molecule has 0 aliphatic carbocycles. The summed E-state index contributed by atoms with van der Waals surface area (Å²) in [6.45, 7) is 0. The third-order valence-electron chi connectivity index (χ3n) is 1.72. The van der Waals surface area contributed by atoms with Gasteiger partial charge in [0.25, 0.3) is 0 Å². The van der Waals surface area contributed by atoms with Gasteiger partial charge in [0.05, 0.1) is 0 Å². The first-order chi connectivity index (χ1) is 6.34. The van der Waals surface area contributed by atoms with Crippen LogP contribution in [0.2, 0.25) is 0 Å². The maximum atomic E-state index is 10.6. The van der Waals surface area contributed by atoms with Crippen molar-refractivity contribution >= 4 is 0 Å².